The highest BCUT2D eigenvalue weighted by Gasteiger charge is 2.51. The number of carbonyl (C=O) groups excluding carboxylic acids is 4. The lowest BCUT2D eigenvalue weighted by Crippen LogP contribution is -2.48. The van der Waals surface area contributed by atoms with E-state index in [0.717, 1.165) is 28.2 Å². The maximum atomic E-state index is 13.5. The van der Waals surface area contributed by atoms with Gasteiger partial charge in [-0.15, -0.1) is 22.7 Å². The third kappa shape index (κ3) is 6.14. The van der Waals surface area contributed by atoms with Crippen molar-refractivity contribution in [1.29, 1.82) is 0 Å². The number of aryl methyl sites for hydroxylation is 1. The van der Waals surface area contributed by atoms with Crippen LogP contribution >= 0.6 is 45.9 Å². The molecule has 4 aromatic carbocycles. The van der Waals surface area contributed by atoms with Gasteiger partial charge in [0.1, 0.15) is 47.0 Å². The number of anilines is 2. The smallest absolute Gasteiger partial charge is 0.243 e. The predicted molar refractivity (Wildman–Crippen MR) is 208 cm³/mol. The number of hydrogen-bond donors (Lipinski definition) is 2. The minimum atomic E-state index is -1.53. The highest BCUT2D eigenvalue weighted by atomic mass is 35.5. The maximum absolute atomic E-state index is 13.5. The van der Waals surface area contributed by atoms with Crippen LogP contribution in [0.3, 0.4) is 0 Å². The van der Waals surface area contributed by atoms with Crippen molar-refractivity contribution < 1.29 is 32.3 Å². The van der Waals surface area contributed by atoms with E-state index in [4.69, 9.17) is 23.2 Å². The normalized spacial score (nSPS) is 19.0. The Morgan fingerprint density at radius 2 is 0.815 bits per heavy atom. The van der Waals surface area contributed by atoms with Crippen molar-refractivity contribution in [2.45, 2.75) is 31.6 Å². The lowest BCUT2D eigenvalue weighted by Gasteiger charge is -2.32. The first-order valence-corrected chi connectivity index (χ1v) is 18.8. The SMILES string of the molecule is CC1(c2ccc(F)cc2)C(=O)Nc2sc(Cl)c(-c3ccc(F)cc3)c2C1=O.Cc1ccc(C2(C)C(=O)Nc3sc(Cl)c(-c4ccc(F)cc4)c3C2=O)cc1. The Morgan fingerprint density at radius 3 is 1.17 bits per heavy atom. The first kappa shape index (κ1) is 37.3. The van der Waals surface area contributed by atoms with Gasteiger partial charge in [0.15, 0.2) is 11.6 Å². The van der Waals surface area contributed by atoms with Gasteiger partial charge in [0.2, 0.25) is 11.8 Å². The van der Waals surface area contributed by atoms with Gasteiger partial charge >= 0.3 is 0 Å². The summed E-state index contributed by atoms with van der Waals surface area (Å²) in [6, 6.07) is 24.0. The first-order valence-electron chi connectivity index (χ1n) is 16.4. The first-order chi connectivity index (χ1) is 25.6. The molecule has 2 aliphatic rings. The Bertz CT molecular complexity index is 2320. The topological polar surface area (TPSA) is 92.3 Å². The Labute approximate surface area is 325 Å². The van der Waals surface area contributed by atoms with E-state index in [2.05, 4.69) is 10.6 Å². The highest BCUT2D eigenvalue weighted by molar-refractivity contribution is 7.21. The molecule has 13 heteroatoms. The molecule has 0 aliphatic carbocycles. The summed E-state index contributed by atoms with van der Waals surface area (Å²) in [6.07, 6.45) is 0. The number of hydrogen-bond acceptors (Lipinski definition) is 6. The number of nitrogens with one attached hydrogen (secondary N) is 2. The zero-order valence-corrected chi connectivity index (χ0v) is 31.7. The van der Waals surface area contributed by atoms with Crippen molar-refractivity contribution in [3.8, 4) is 22.3 Å². The summed E-state index contributed by atoms with van der Waals surface area (Å²) in [5, 5.41) is 6.36. The highest BCUT2D eigenvalue weighted by Crippen LogP contribution is 2.51. The molecule has 272 valence electrons. The summed E-state index contributed by atoms with van der Waals surface area (Å²) in [6.45, 7) is 5.07. The van der Waals surface area contributed by atoms with E-state index in [1.54, 1.807) is 31.2 Å². The molecule has 2 unspecified atom stereocenters. The molecule has 4 heterocycles. The second kappa shape index (κ2) is 14.0. The Kier molecular flexibility index (Phi) is 9.64. The quantitative estimate of drug-likeness (QED) is 0.174. The van der Waals surface area contributed by atoms with E-state index in [-0.39, 0.29) is 23.1 Å². The van der Waals surface area contributed by atoms with Crippen LogP contribution in [-0.2, 0) is 20.4 Å². The fourth-order valence-electron chi connectivity index (χ4n) is 6.52. The average molecular weight is 804 g/mol. The number of thiophene rings is 2. The van der Waals surface area contributed by atoms with Crippen LogP contribution in [0.5, 0.6) is 0 Å². The van der Waals surface area contributed by atoms with Gasteiger partial charge in [0.25, 0.3) is 0 Å². The van der Waals surface area contributed by atoms with Crippen LogP contribution in [-0.4, -0.2) is 23.4 Å². The molecule has 0 radical (unpaired) electrons. The third-order valence-electron chi connectivity index (χ3n) is 9.77. The van der Waals surface area contributed by atoms with Crippen molar-refractivity contribution in [2.24, 2.45) is 0 Å². The lowest BCUT2D eigenvalue weighted by atomic mass is 9.73. The van der Waals surface area contributed by atoms with Gasteiger partial charge in [0, 0.05) is 11.1 Å². The standard InChI is InChI=1S/C21H15ClFNO2S.C20H12ClF2NO2S/c1-11-3-7-13(8-4-11)21(2)17(25)16-15(12-5-9-14(23)10-6-12)18(22)27-19(16)24-20(21)26;1-20(11-4-8-13(23)9-5-11)16(25)15-14(10-2-6-12(22)7-3-10)17(21)27-18(15)24-19(20)26/h3-10H,1-2H3,(H,24,26);2-9H,1H3,(H,24,26). The number of benzene rings is 4. The molecule has 54 heavy (non-hydrogen) atoms. The molecule has 2 N–H and O–H groups in total. The van der Waals surface area contributed by atoms with E-state index in [1.807, 2.05) is 19.1 Å². The molecule has 0 spiro atoms. The molecule has 2 atom stereocenters. The predicted octanol–water partition coefficient (Wildman–Crippen LogP) is 11.0. The minimum absolute atomic E-state index is 0.281. The summed E-state index contributed by atoms with van der Waals surface area (Å²) in [5.74, 6) is -2.87. The summed E-state index contributed by atoms with van der Waals surface area (Å²) >= 11 is 15.0. The molecular formula is C41H27Cl2F3N2O4S2. The van der Waals surface area contributed by atoms with E-state index in [1.165, 1.54) is 67.6 Å². The number of Topliss-reactive ketones (excluding diaryl/α,β-unsaturated/α-hetero) is 2. The molecule has 2 aliphatic heterocycles. The Hall–Kier alpha value is -5.07. The van der Waals surface area contributed by atoms with E-state index >= 15 is 0 Å². The molecule has 0 bridgehead atoms. The van der Waals surface area contributed by atoms with Gasteiger partial charge < -0.3 is 10.6 Å². The van der Waals surface area contributed by atoms with Crippen molar-refractivity contribution in [1.82, 2.24) is 0 Å². The number of rotatable bonds is 4. The van der Waals surface area contributed by atoms with Crippen LogP contribution in [0, 0.1) is 24.4 Å². The second-order valence-corrected chi connectivity index (χ2v) is 16.4. The van der Waals surface area contributed by atoms with Gasteiger partial charge in [-0.25, -0.2) is 13.2 Å². The fourth-order valence-corrected chi connectivity index (χ4v) is 9.28. The van der Waals surface area contributed by atoms with E-state index < -0.39 is 34.2 Å². The number of fused-ring (bicyclic) bond motifs is 2. The number of halogens is 5. The average Bonchev–Trinajstić information content (AvgIpc) is 3.66. The molecule has 2 amide bonds. The molecule has 0 fully saturated rings. The minimum Gasteiger partial charge on any atom is -0.316 e. The van der Waals surface area contributed by atoms with Gasteiger partial charge in [-0.05, 0) is 79.4 Å². The number of carbonyl (C=O) groups is 4. The number of ketones is 2. The zero-order valence-electron chi connectivity index (χ0n) is 28.6. The van der Waals surface area contributed by atoms with Gasteiger partial charge in [-0.3, -0.25) is 19.2 Å². The molecular weight excluding hydrogens is 776 g/mol. The van der Waals surface area contributed by atoms with Crippen LogP contribution < -0.4 is 10.6 Å². The van der Waals surface area contributed by atoms with Crippen LogP contribution in [0.4, 0.5) is 23.2 Å². The summed E-state index contributed by atoms with van der Waals surface area (Å²) < 4.78 is 40.6. The third-order valence-corrected chi connectivity index (χ3v) is 12.4. The summed E-state index contributed by atoms with van der Waals surface area (Å²) in [4.78, 5) is 52.6. The van der Waals surface area contributed by atoms with Crippen molar-refractivity contribution in [3.05, 3.63) is 151 Å². The van der Waals surface area contributed by atoms with E-state index in [0.29, 0.717) is 57.6 Å². The summed E-state index contributed by atoms with van der Waals surface area (Å²) in [5.41, 5.74) is 1.99. The molecule has 6 nitrogen and oxygen atoms in total. The maximum Gasteiger partial charge on any atom is 0.243 e. The molecule has 8 rings (SSSR count). The molecule has 0 saturated heterocycles. The van der Waals surface area contributed by atoms with Crippen LogP contribution in [0.15, 0.2) is 97.1 Å². The second-order valence-electron chi connectivity index (χ2n) is 13.1. The van der Waals surface area contributed by atoms with Gasteiger partial charge in [-0.1, -0.05) is 89.4 Å². The number of amides is 2. The van der Waals surface area contributed by atoms with Crippen molar-refractivity contribution in [3.63, 3.8) is 0 Å². The molecule has 0 saturated carbocycles. The van der Waals surface area contributed by atoms with Crippen molar-refractivity contribution >= 4 is 79.3 Å². The van der Waals surface area contributed by atoms with E-state index in [9.17, 15) is 32.3 Å². The molecule has 2 aromatic heterocycles. The molecule has 6 aromatic rings. The van der Waals surface area contributed by atoms with Gasteiger partial charge in [0.05, 0.1) is 11.1 Å². The Morgan fingerprint density at radius 1 is 0.500 bits per heavy atom. The largest absolute Gasteiger partial charge is 0.316 e. The van der Waals surface area contributed by atoms with Gasteiger partial charge in [-0.2, -0.15) is 0 Å². The zero-order chi connectivity index (χ0) is 38.7. The van der Waals surface area contributed by atoms with Crippen LogP contribution in [0.2, 0.25) is 8.67 Å². The fraction of sp³-hybridized carbons (Fsp3) is 0.122. The monoisotopic (exact) mass is 802 g/mol. The van der Waals surface area contributed by atoms with Crippen LogP contribution in [0.1, 0.15) is 51.3 Å². The van der Waals surface area contributed by atoms with Crippen molar-refractivity contribution in [2.75, 3.05) is 10.6 Å². The van der Waals surface area contributed by atoms with Crippen LogP contribution in [0.25, 0.3) is 22.3 Å². The lowest BCUT2D eigenvalue weighted by molar-refractivity contribution is -0.120. The summed E-state index contributed by atoms with van der Waals surface area (Å²) in [7, 11) is 0. The Balaban J connectivity index is 0.000000167.